The summed E-state index contributed by atoms with van der Waals surface area (Å²) in [4.78, 5) is 89.5. The predicted octanol–water partition coefficient (Wildman–Crippen LogP) is 11.3. The first-order chi connectivity index (χ1) is 34.1. The minimum absolute atomic E-state index is 0.0617. The van der Waals surface area contributed by atoms with E-state index in [1.807, 2.05) is 176 Å². The van der Waals surface area contributed by atoms with Gasteiger partial charge in [-0.3, -0.25) is 53.2 Å². The van der Waals surface area contributed by atoms with E-state index in [1.165, 1.54) is 6.42 Å². The van der Waals surface area contributed by atoms with E-state index >= 15 is 0 Å². The number of carbonyl (C=O) groups is 7. The summed E-state index contributed by atoms with van der Waals surface area (Å²) in [7, 11) is 18.3. The lowest BCUT2D eigenvalue weighted by Crippen LogP contribution is -2.48. The van der Waals surface area contributed by atoms with Gasteiger partial charge in [0, 0.05) is 64.7 Å². The second-order valence-corrected chi connectivity index (χ2v) is 30.3. The summed E-state index contributed by atoms with van der Waals surface area (Å²) in [5.74, 6) is 2.84. The fourth-order valence-electron chi connectivity index (χ4n) is 6.99. The highest BCUT2D eigenvalue weighted by Crippen LogP contribution is 2.25. The molecule has 14 nitrogen and oxygen atoms in total. The molecule has 0 aromatic heterocycles. The van der Waals surface area contributed by atoms with E-state index in [-0.39, 0.29) is 92.5 Å². The lowest BCUT2D eigenvalue weighted by atomic mass is 9.84. The molecule has 5 atom stereocenters. The van der Waals surface area contributed by atoms with E-state index < -0.39 is 17.6 Å². The van der Waals surface area contributed by atoms with Crippen LogP contribution in [0.25, 0.3) is 0 Å². The minimum atomic E-state index is -0.623. The van der Waals surface area contributed by atoms with Gasteiger partial charge in [0.15, 0.2) is 23.1 Å². The molecular weight excluding hydrogens is 1000 g/mol. The molecule has 5 unspecified atom stereocenters. The highest BCUT2D eigenvalue weighted by molar-refractivity contribution is 7.80. The van der Waals surface area contributed by atoms with Crippen molar-refractivity contribution >= 4 is 53.2 Å². The van der Waals surface area contributed by atoms with E-state index in [0.717, 1.165) is 5.92 Å². The monoisotopic (exact) mass is 1130 g/mol. The summed E-state index contributed by atoms with van der Waals surface area (Å²) in [6.07, 6.45) is 1.70. The second-order valence-electron chi connectivity index (χ2n) is 30.0. The zero-order valence-electron chi connectivity index (χ0n) is 58.0. The smallest absolute Gasteiger partial charge is 0.222 e. The Kier molecular flexibility index (Phi) is 44.9. The lowest BCUT2D eigenvalue weighted by molar-refractivity contribution is -0.135. The molecule has 1 amide bonds. The van der Waals surface area contributed by atoms with Crippen LogP contribution in [0.3, 0.4) is 0 Å². The first-order valence-corrected chi connectivity index (χ1v) is 28.7. The van der Waals surface area contributed by atoms with Crippen molar-refractivity contribution in [3.63, 3.8) is 0 Å². The van der Waals surface area contributed by atoms with Crippen LogP contribution in [0.2, 0.25) is 0 Å². The molecule has 78 heavy (non-hydrogen) atoms. The summed E-state index contributed by atoms with van der Waals surface area (Å²) in [5.41, 5.74) is -1.18. The molecule has 0 bridgehead atoms. The number of amides is 1. The highest BCUT2D eigenvalue weighted by Gasteiger charge is 2.35. The van der Waals surface area contributed by atoms with E-state index in [0.29, 0.717) is 29.8 Å². The van der Waals surface area contributed by atoms with E-state index in [9.17, 15) is 38.7 Å². The van der Waals surface area contributed by atoms with Gasteiger partial charge >= 0.3 is 0 Å². The van der Waals surface area contributed by atoms with Gasteiger partial charge in [0.2, 0.25) is 5.91 Å². The Hall–Kier alpha value is -2.40. The zero-order chi connectivity index (χ0) is 65.0. The van der Waals surface area contributed by atoms with Crippen molar-refractivity contribution in [2.75, 3.05) is 82.8 Å². The van der Waals surface area contributed by atoms with Crippen molar-refractivity contribution in [2.45, 2.75) is 236 Å². The van der Waals surface area contributed by atoms with Crippen LogP contribution in [-0.4, -0.2) is 188 Å². The standard InChI is InChI=1S/C13H26N2O2.C10H21NO2.C9H19NO2.C9H19NOS.C8H16O.C8H18.C6H12O/c1-13(2,3)12(17)10(14(4)5)8-9-11(16)15(6)7;1-7(12)8(11(5)6)9(13)10(2,3)4;1-9(2,3)8(12)7(6-11)10(4)5;1-9(2,3)8(11)7(6-12)10(4)5;1-6(2)7(9)8(3,4)5;1-7(2)6-8(3,4)5;1-5(7)6(2,3)4/h10H,8-9H2,1-7H3;7-8,12H,1-6H3;7,11H,6H2,1-5H3;7,12H,6H2,1-5H3;6H,1-5H3;7H,6H2,1-5H3;1-4H3. The largest absolute Gasteiger partial charge is 0.394 e. The molecule has 0 heterocycles. The van der Waals surface area contributed by atoms with Gasteiger partial charge in [-0.1, -0.05) is 173 Å². The third-order valence-corrected chi connectivity index (χ3v) is 12.2. The molecule has 0 rings (SSSR count). The van der Waals surface area contributed by atoms with Crippen LogP contribution in [-0.2, 0) is 33.6 Å². The maximum Gasteiger partial charge on any atom is 0.222 e. The molecule has 0 aromatic rings. The normalized spacial score (nSPS) is 14.2. The van der Waals surface area contributed by atoms with Crippen molar-refractivity contribution in [1.29, 1.82) is 0 Å². The first-order valence-electron chi connectivity index (χ1n) is 28.1. The Bertz CT molecular complexity index is 1660. The molecule has 0 aliphatic heterocycles. The maximum absolute atomic E-state index is 12.2. The number of nitrogens with zero attached hydrogens (tertiary/aromatic N) is 5. The number of thiol groups is 1. The predicted molar refractivity (Wildman–Crippen MR) is 337 cm³/mol. The summed E-state index contributed by atoms with van der Waals surface area (Å²) in [6.45, 7) is 52.8. The highest BCUT2D eigenvalue weighted by atomic mass is 32.1. The van der Waals surface area contributed by atoms with Gasteiger partial charge in [-0.25, -0.2) is 0 Å². The van der Waals surface area contributed by atoms with Crippen LogP contribution in [0.4, 0.5) is 0 Å². The number of aliphatic hydroxyl groups is 2. The summed E-state index contributed by atoms with van der Waals surface area (Å²) < 4.78 is 0. The lowest BCUT2D eigenvalue weighted by Gasteiger charge is -2.31. The van der Waals surface area contributed by atoms with E-state index in [1.54, 1.807) is 70.8 Å². The Morgan fingerprint density at radius 2 is 0.718 bits per heavy atom. The molecule has 0 aliphatic rings. The van der Waals surface area contributed by atoms with Crippen LogP contribution < -0.4 is 0 Å². The van der Waals surface area contributed by atoms with Crippen molar-refractivity contribution in [3.8, 4) is 0 Å². The van der Waals surface area contributed by atoms with E-state index in [2.05, 4.69) is 47.2 Å². The summed E-state index contributed by atoms with van der Waals surface area (Å²) in [6, 6.07) is -1.02. The molecule has 0 spiro atoms. The molecule has 0 fully saturated rings. The molecule has 2 N–H and O–H groups in total. The van der Waals surface area contributed by atoms with Gasteiger partial charge in [-0.05, 0) is 94.4 Å². The number of likely N-dealkylation sites (N-methyl/N-ethyl adjacent to an activating group) is 4. The fraction of sp³-hybridized carbons (Fsp3) is 0.889. The first kappa shape index (κ1) is 89.4. The molecule has 0 aliphatic carbocycles. The number of hydrogen-bond donors (Lipinski definition) is 3. The zero-order valence-corrected chi connectivity index (χ0v) is 58.9. The van der Waals surface area contributed by atoms with Crippen molar-refractivity contribution < 1.29 is 43.8 Å². The Balaban J connectivity index is -0.000000153. The van der Waals surface area contributed by atoms with Gasteiger partial charge in [0.1, 0.15) is 11.6 Å². The number of Topliss-reactive ketones (excluding diaryl/α,β-unsaturated/α-hetero) is 6. The van der Waals surface area contributed by atoms with E-state index in [4.69, 9.17) is 5.11 Å². The Morgan fingerprint density at radius 3 is 0.821 bits per heavy atom. The quantitative estimate of drug-likeness (QED) is 0.125. The third-order valence-electron chi connectivity index (χ3n) is 11.8. The van der Waals surface area contributed by atoms with Crippen LogP contribution in [0, 0.1) is 49.7 Å². The summed E-state index contributed by atoms with van der Waals surface area (Å²) >= 11 is 4.16. The Labute approximate surface area is 488 Å². The van der Waals surface area contributed by atoms with Crippen LogP contribution in [0.5, 0.6) is 0 Å². The van der Waals surface area contributed by atoms with Crippen molar-refractivity contribution in [1.82, 2.24) is 24.5 Å². The second kappa shape index (κ2) is 39.1. The molecule has 0 saturated heterocycles. The van der Waals surface area contributed by atoms with Gasteiger partial charge in [0.25, 0.3) is 0 Å². The molecular formula is C63H131N5O9S. The average molecular weight is 1130 g/mol. The Morgan fingerprint density at radius 1 is 0.436 bits per heavy atom. The minimum Gasteiger partial charge on any atom is -0.394 e. The molecule has 0 saturated carbocycles. The number of carbonyl (C=O) groups excluding carboxylic acids is 7. The average Bonchev–Trinajstić information content (AvgIpc) is 3.18. The van der Waals surface area contributed by atoms with Gasteiger partial charge in [-0.15, -0.1) is 0 Å². The number of aliphatic hydroxyl groups excluding tert-OH is 2. The number of ketones is 6. The topological polar surface area (TPSA) is 176 Å². The van der Waals surface area contributed by atoms with Crippen molar-refractivity contribution in [2.24, 2.45) is 49.7 Å². The van der Waals surface area contributed by atoms with Gasteiger partial charge in [-0.2, -0.15) is 12.6 Å². The molecule has 0 aromatic carbocycles. The third kappa shape index (κ3) is 46.2. The number of rotatable bonds is 16. The number of hydrogen-bond acceptors (Lipinski definition) is 14. The van der Waals surface area contributed by atoms with Gasteiger partial charge in [0.05, 0.1) is 36.9 Å². The van der Waals surface area contributed by atoms with Crippen molar-refractivity contribution in [3.05, 3.63) is 0 Å². The maximum atomic E-state index is 12.2. The molecule has 15 heteroatoms. The molecule has 0 radical (unpaired) electrons. The van der Waals surface area contributed by atoms with Gasteiger partial charge < -0.3 is 15.1 Å². The SMILES string of the molecule is CC(=O)C(C)(C)C.CC(C)C(=O)C(C)(C)C.CC(C)CC(C)(C)C.CC(O)C(C(=O)C(C)(C)C)N(C)C.CN(C)C(=O)CCC(C(=O)C(C)(C)C)N(C)C.CN(C)C(CO)C(=O)C(C)(C)C.CN(C)C(CS)C(=O)C(C)(C)C. The molecule has 468 valence electrons. The fourth-order valence-corrected chi connectivity index (χ4v) is 7.48. The van der Waals surface area contributed by atoms with Crippen LogP contribution in [0.1, 0.15) is 206 Å². The van der Waals surface area contributed by atoms with Crippen LogP contribution >= 0.6 is 12.6 Å². The summed E-state index contributed by atoms with van der Waals surface area (Å²) in [5, 5.41) is 18.4. The van der Waals surface area contributed by atoms with Crippen LogP contribution in [0.15, 0.2) is 0 Å².